The molecule has 9 heteroatoms. The molecule has 0 radical (unpaired) electrons. The standard InChI is InChI=1S/C28H25FN6O2/c29-25-6-3-22(16-23(25)17-30)27(36)35-12-8-21(9-13-35)20-1-4-24(5-2-20)33-28(37)32-18-19-7-11-34-14-10-31-26(34)15-19/h1-7,10-11,14-16,21H,8-9,12-13,18H2,(H2,32,33,37). The van der Waals surface area contributed by atoms with Crippen LogP contribution in [0.5, 0.6) is 0 Å². The number of anilines is 1. The lowest BCUT2D eigenvalue weighted by Crippen LogP contribution is -2.38. The van der Waals surface area contributed by atoms with E-state index in [1.165, 1.54) is 12.1 Å². The Bertz CT molecular complexity index is 1480. The maximum atomic E-state index is 13.6. The number of nitrogens with zero attached hydrogens (tertiary/aromatic N) is 4. The number of nitrogens with one attached hydrogen (secondary N) is 2. The van der Waals surface area contributed by atoms with Gasteiger partial charge < -0.3 is 19.9 Å². The number of hydrogen-bond acceptors (Lipinski definition) is 4. The lowest BCUT2D eigenvalue weighted by molar-refractivity contribution is 0.0713. The second kappa shape index (κ2) is 10.5. The highest BCUT2D eigenvalue weighted by Crippen LogP contribution is 2.29. The highest BCUT2D eigenvalue weighted by atomic mass is 19.1. The van der Waals surface area contributed by atoms with Crippen molar-refractivity contribution in [3.63, 3.8) is 0 Å². The summed E-state index contributed by atoms with van der Waals surface area (Å²) in [5, 5.41) is 14.7. The van der Waals surface area contributed by atoms with Crippen molar-refractivity contribution < 1.29 is 14.0 Å². The van der Waals surface area contributed by atoms with Gasteiger partial charge in [0.15, 0.2) is 0 Å². The first-order valence-electron chi connectivity index (χ1n) is 12.1. The first-order chi connectivity index (χ1) is 18.0. The summed E-state index contributed by atoms with van der Waals surface area (Å²) in [5.74, 6) is -0.516. The van der Waals surface area contributed by atoms with Gasteiger partial charge in [-0.25, -0.2) is 14.2 Å². The van der Waals surface area contributed by atoms with E-state index in [1.807, 2.05) is 53.2 Å². The smallest absolute Gasteiger partial charge is 0.319 e. The van der Waals surface area contributed by atoms with E-state index in [9.17, 15) is 14.0 Å². The van der Waals surface area contributed by atoms with Crippen LogP contribution >= 0.6 is 0 Å². The van der Waals surface area contributed by atoms with Crippen molar-refractivity contribution in [1.29, 1.82) is 5.26 Å². The number of nitriles is 1. The third kappa shape index (κ3) is 5.43. The number of halogens is 1. The van der Waals surface area contributed by atoms with Gasteiger partial charge in [0.1, 0.15) is 17.5 Å². The predicted octanol–water partition coefficient (Wildman–Crippen LogP) is 4.69. The fraction of sp³-hybridized carbons (Fsp3) is 0.214. The first-order valence-corrected chi connectivity index (χ1v) is 12.1. The molecular weight excluding hydrogens is 471 g/mol. The van der Waals surface area contributed by atoms with Gasteiger partial charge in [-0.1, -0.05) is 12.1 Å². The van der Waals surface area contributed by atoms with E-state index in [0.717, 1.165) is 35.7 Å². The molecule has 4 aromatic rings. The Kier molecular flexibility index (Phi) is 6.81. The summed E-state index contributed by atoms with van der Waals surface area (Å²) in [6.45, 7) is 1.55. The summed E-state index contributed by atoms with van der Waals surface area (Å²) in [5.41, 5.74) is 3.83. The summed E-state index contributed by atoms with van der Waals surface area (Å²) in [6, 6.07) is 17.0. The zero-order valence-corrected chi connectivity index (χ0v) is 20.0. The van der Waals surface area contributed by atoms with E-state index in [2.05, 4.69) is 15.6 Å². The summed E-state index contributed by atoms with van der Waals surface area (Å²) < 4.78 is 15.5. The van der Waals surface area contributed by atoms with E-state index >= 15 is 0 Å². The fourth-order valence-electron chi connectivity index (χ4n) is 4.60. The Morgan fingerprint density at radius 2 is 1.84 bits per heavy atom. The number of imidazole rings is 1. The third-order valence-corrected chi connectivity index (χ3v) is 6.67. The maximum absolute atomic E-state index is 13.6. The topological polar surface area (TPSA) is 103 Å². The van der Waals surface area contributed by atoms with Crippen LogP contribution in [0.2, 0.25) is 0 Å². The van der Waals surface area contributed by atoms with Crippen LogP contribution in [0, 0.1) is 17.1 Å². The van der Waals surface area contributed by atoms with E-state index in [1.54, 1.807) is 17.2 Å². The van der Waals surface area contributed by atoms with Gasteiger partial charge in [0, 0.05) is 49.5 Å². The molecular formula is C28H25FN6O2. The third-order valence-electron chi connectivity index (χ3n) is 6.67. The molecule has 2 N–H and O–H groups in total. The predicted molar refractivity (Wildman–Crippen MR) is 136 cm³/mol. The number of amides is 3. The number of fused-ring (bicyclic) bond motifs is 1. The van der Waals surface area contributed by atoms with Gasteiger partial charge in [-0.2, -0.15) is 5.26 Å². The molecule has 0 spiro atoms. The number of piperidine rings is 1. The zero-order valence-electron chi connectivity index (χ0n) is 20.0. The molecule has 1 aliphatic rings. The molecule has 3 heterocycles. The first kappa shape index (κ1) is 24.0. The van der Waals surface area contributed by atoms with Gasteiger partial charge in [-0.15, -0.1) is 0 Å². The highest BCUT2D eigenvalue weighted by molar-refractivity contribution is 5.94. The Morgan fingerprint density at radius 3 is 2.59 bits per heavy atom. The van der Waals surface area contributed by atoms with Gasteiger partial charge >= 0.3 is 6.03 Å². The molecule has 0 aliphatic carbocycles. The second-order valence-corrected chi connectivity index (χ2v) is 9.03. The summed E-state index contributed by atoms with van der Waals surface area (Å²) in [7, 11) is 0. The fourth-order valence-corrected chi connectivity index (χ4v) is 4.60. The van der Waals surface area contributed by atoms with Gasteiger partial charge in [0.25, 0.3) is 5.91 Å². The Morgan fingerprint density at radius 1 is 1.05 bits per heavy atom. The molecule has 2 aromatic heterocycles. The van der Waals surface area contributed by atoms with Gasteiger partial charge in [0.05, 0.1) is 5.56 Å². The highest BCUT2D eigenvalue weighted by Gasteiger charge is 2.25. The summed E-state index contributed by atoms with van der Waals surface area (Å²) >= 11 is 0. The molecule has 0 bridgehead atoms. The van der Waals surface area contributed by atoms with E-state index < -0.39 is 5.82 Å². The van der Waals surface area contributed by atoms with E-state index in [4.69, 9.17) is 5.26 Å². The minimum Gasteiger partial charge on any atom is -0.339 e. The van der Waals surface area contributed by atoms with Gasteiger partial charge in [-0.3, -0.25) is 4.79 Å². The average molecular weight is 497 g/mol. The largest absolute Gasteiger partial charge is 0.339 e. The van der Waals surface area contributed by atoms with Gasteiger partial charge in [-0.05, 0) is 72.4 Å². The summed E-state index contributed by atoms with van der Waals surface area (Å²) in [4.78, 5) is 31.1. The molecule has 1 saturated heterocycles. The number of hydrogen-bond donors (Lipinski definition) is 2. The van der Waals surface area contributed by atoms with Crippen molar-refractivity contribution in [2.24, 2.45) is 0 Å². The van der Waals surface area contributed by atoms with Crippen molar-refractivity contribution in [2.75, 3.05) is 18.4 Å². The number of likely N-dealkylation sites (tertiary alicyclic amines) is 1. The van der Waals surface area contributed by atoms with Crippen LogP contribution in [-0.2, 0) is 6.54 Å². The molecule has 0 unspecified atom stereocenters. The molecule has 2 aromatic carbocycles. The van der Waals surface area contributed by atoms with Gasteiger partial charge in [0.2, 0.25) is 0 Å². The molecule has 1 fully saturated rings. The molecule has 1 aliphatic heterocycles. The number of carbonyl (C=O) groups excluding carboxylic acids is 2. The number of rotatable bonds is 5. The molecule has 186 valence electrons. The Balaban J connectivity index is 1.11. The monoisotopic (exact) mass is 496 g/mol. The van der Waals surface area contributed by atoms with Crippen molar-refractivity contribution in [3.8, 4) is 6.07 Å². The van der Waals surface area contributed by atoms with Crippen LogP contribution in [0.1, 0.15) is 45.8 Å². The number of pyridine rings is 1. The molecule has 37 heavy (non-hydrogen) atoms. The Hall–Kier alpha value is -4.71. The molecule has 3 amide bonds. The normalized spacial score (nSPS) is 13.8. The summed E-state index contributed by atoms with van der Waals surface area (Å²) in [6.07, 6.45) is 7.10. The van der Waals surface area contributed by atoms with Crippen molar-refractivity contribution in [2.45, 2.75) is 25.3 Å². The van der Waals surface area contributed by atoms with Crippen LogP contribution in [0.4, 0.5) is 14.9 Å². The van der Waals surface area contributed by atoms with Crippen LogP contribution in [0.3, 0.4) is 0 Å². The van der Waals surface area contributed by atoms with Crippen molar-refractivity contribution in [1.82, 2.24) is 19.6 Å². The lowest BCUT2D eigenvalue weighted by atomic mass is 9.89. The molecule has 8 nitrogen and oxygen atoms in total. The van der Waals surface area contributed by atoms with Crippen molar-refractivity contribution >= 4 is 23.3 Å². The van der Waals surface area contributed by atoms with Crippen LogP contribution in [0.25, 0.3) is 5.65 Å². The quantitative estimate of drug-likeness (QED) is 0.419. The second-order valence-electron chi connectivity index (χ2n) is 9.03. The van der Waals surface area contributed by atoms with E-state index in [0.29, 0.717) is 36.8 Å². The van der Waals surface area contributed by atoms with Crippen LogP contribution in [0.15, 0.2) is 73.2 Å². The van der Waals surface area contributed by atoms with E-state index in [-0.39, 0.29) is 17.5 Å². The number of aromatic nitrogens is 2. The molecule has 0 saturated carbocycles. The minimum atomic E-state index is -0.625. The lowest BCUT2D eigenvalue weighted by Gasteiger charge is -2.32. The average Bonchev–Trinajstić information content (AvgIpc) is 3.40. The SMILES string of the molecule is N#Cc1cc(C(=O)N2CCC(c3ccc(NC(=O)NCc4ccn5ccnc5c4)cc3)CC2)ccc1F. The molecule has 0 atom stereocenters. The zero-order chi connectivity index (χ0) is 25.8. The number of benzene rings is 2. The maximum Gasteiger partial charge on any atom is 0.319 e. The Labute approximate surface area is 213 Å². The molecule has 5 rings (SSSR count). The van der Waals surface area contributed by atoms with Crippen molar-refractivity contribution in [3.05, 3.63) is 101 Å². The minimum absolute atomic E-state index is 0.126. The van der Waals surface area contributed by atoms with Crippen LogP contribution in [-0.4, -0.2) is 39.3 Å². The van der Waals surface area contributed by atoms with Crippen LogP contribution < -0.4 is 10.6 Å². The number of carbonyl (C=O) groups is 2. The number of urea groups is 1.